The van der Waals surface area contributed by atoms with Crippen LogP contribution in [0.5, 0.6) is 0 Å². The summed E-state index contributed by atoms with van der Waals surface area (Å²) in [7, 11) is 1.60. The molecule has 0 amide bonds. The second-order valence-corrected chi connectivity index (χ2v) is 6.21. The van der Waals surface area contributed by atoms with Crippen molar-refractivity contribution < 1.29 is 18.3 Å². The maximum absolute atomic E-state index is 13.8. The lowest BCUT2D eigenvalue weighted by Gasteiger charge is -2.15. The van der Waals surface area contributed by atoms with Gasteiger partial charge in [-0.25, -0.2) is 13.8 Å². The van der Waals surface area contributed by atoms with E-state index in [1.165, 1.54) is 17.6 Å². The average molecular weight is 372 g/mol. The summed E-state index contributed by atoms with van der Waals surface area (Å²) in [6.07, 6.45) is -0.675. The molecule has 0 N–H and O–H groups in total. The lowest BCUT2D eigenvalue weighted by Crippen LogP contribution is -2.23. The van der Waals surface area contributed by atoms with Gasteiger partial charge in [0.05, 0.1) is 17.3 Å². The fourth-order valence-electron chi connectivity index (χ4n) is 2.85. The van der Waals surface area contributed by atoms with Crippen molar-refractivity contribution in [1.82, 2.24) is 9.55 Å². The van der Waals surface area contributed by atoms with Crippen molar-refractivity contribution in [3.05, 3.63) is 75.8 Å². The minimum atomic E-state index is -0.855. The number of aryl methyl sites for hydroxylation is 1. The quantitative estimate of drug-likeness (QED) is 0.644. The monoisotopic (exact) mass is 372 g/mol. The number of halogens is 2. The van der Waals surface area contributed by atoms with Crippen LogP contribution in [0.3, 0.4) is 0 Å². The molecule has 1 aromatic heterocycles. The fourth-order valence-corrected chi connectivity index (χ4v) is 2.85. The maximum atomic E-state index is 13.8. The molecule has 0 aliphatic rings. The Morgan fingerprint density at radius 1 is 1.22 bits per heavy atom. The zero-order valence-electron chi connectivity index (χ0n) is 14.9. The van der Waals surface area contributed by atoms with E-state index in [9.17, 15) is 18.4 Å². The summed E-state index contributed by atoms with van der Waals surface area (Å²) < 4.78 is 33.4. The van der Waals surface area contributed by atoms with Crippen molar-refractivity contribution in [3.63, 3.8) is 0 Å². The number of para-hydroxylation sites is 1. The van der Waals surface area contributed by atoms with Crippen LogP contribution in [-0.2, 0) is 23.0 Å². The van der Waals surface area contributed by atoms with Crippen molar-refractivity contribution in [2.24, 2.45) is 7.05 Å². The van der Waals surface area contributed by atoms with Crippen LogP contribution < -0.4 is 5.56 Å². The lowest BCUT2D eigenvalue weighted by molar-refractivity contribution is -0.148. The van der Waals surface area contributed by atoms with Crippen molar-refractivity contribution in [3.8, 4) is 0 Å². The molecule has 1 atom stereocenters. The minimum absolute atomic E-state index is 0.0220. The average Bonchev–Trinajstić information content (AvgIpc) is 2.63. The number of nitrogens with zero attached hydrogens (tertiary/aromatic N) is 2. The van der Waals surface area contributed by atoms with Gasteiger partial charge in [0.1, 0.15) is 23.6 Å². The summed E-state index contributed by atoms with van der Waals surface area (Å²) in [5.41, 5.74) is 0.470. The molecule has 27 heavy (non-hydrogen) atoms. The molecule has 0 fully saturated rings. The van der Waals surface area contributed by atoms with E-state index in [1.54, 1.807) is 31.3 Å². The number of esters is 1. The molecule has 2 aromatic carbocycles. The number of hydrogen-bond donors (Lipinski definition) is 0. The standard InChI is InChI=1S/C20H18F2N2O3/c1-12(14-8-7-13(21)11-16(14)22)27-19(25)10-9-18-23-17-6-4-3-5-15(17)20(26)24(18)2/h3-8,11-12H,9-10H2,1-2H3. The normalized spacial score (nSPS) is 12.1. The van der Waals surface area contributed by atoms with E-state index in [0.717, 1.165) is 12.1 Å². The third kappa shape index (κ3) is 4.02. The van der Waals surface area contributed by atoms with Gasteiger partial charge in [0.25, 0.3) is 5.56 Å². The SMILES string of the molecule is CC(OC(=O)CCc1nc2ccccc2c(=O)n1C)c1ccc(F)cc1F. The minimum Gasteiger partial charge on any atom is -0.458 e. The zero-order valence-corrected chi connectivity index (χ0v) is 14.9. The van der Waals surface area contributed by atoms with Gasteiger partial charge in [0.15, 0.2) is 0 Å². The second-order valence-electron chi connectivity index (χ2n) is 6.21. The van der Waals surface area contributed by atoms with E-state index in [-0.39, 0.29) is 24.0 Å². The highest BCUT2D eigenvalue weighted by atomic mass is 19.1. The molecule has 3 rings (SSSR count). The zero-order chi connectivity index (χ0) is 19.6. The summed E-state index contributed by atoms with van der Waals surface area (Å²) >= 11 is 0. The van der Waals surface area contributed by atoms with Crippen LogP contribution in [0.2, 0.25) is 0 Å². The Kier molecular flexibility index (Phi) is 5.30. The second kappa shape index (κ2) is 7.65. The number of carbonyl (C=O) groups excluding carboxylic acids is 1. The van der Waals surface area contributed by atoms with Gasteiger partial charge in [-0.2, -0.15) is 0 Å². The number of hydrogen-bond acceptors (Lipinski definition) is 4. The van der Waals surface area contributed by atoms with Gasteiger partial charge in [0, 0.05) is 25.1 Å². The lowest BCUT2D eigenvalue weighted by atomic mass is 10.1. The molecular weight excluding hydrogens is 354 g/mol. The van der Waals surface area contributed by atoms with Gasteiger partial charge in [0.2, 0.25) is 0 Å². The maximum Gasteiger partial charge on any atom is 0.306 e. The van der Waals surface area contributed by atoms with Crippen LogP contribution in [0.4, 0.5) is 8.78 Å². The van der Waals surface area contributed by atoms with Crippen molar-refractivity contribution in [1.29, 1.82) is 0 Å². The van der Waals surface area contributed by atoms with Gasteiger partial charge >= 0.3 is 5.97 Å². The predicted molar refractivity (Wildman–Crippen MR) is 96.2 cm³/mol. The number of carbonyl (C=O) groups is 1. The van der Waals surface area contributed by atoms with Crippen LogP contribution in [0.1, 0.15) is 30.8 Å². The van der Waals surface area contributed by atoms with Crippen molar-refractivity contribution in [2.75, 3.05) is 0 Å². The number of benzene rings is 2. The van der Waals surface area contributed by atoms with Gasteiger partial charge in [-0.15, -0.1) is 0 Å². The Morgan fingerprint density at radius 2 is 1.96 bits per heavy atom. The molecule has 0 saturated heterocycles. The Bertz CT molecular complexity index is 1060. The number of ether oxygens (including phenoxy) is 1. The van der Waals surface area contributed by atoms with Crippen LogP contribution in [-0.4, -0.2) is 15.5 Å². The highest BCUT2D eigenvalue weighted by Crippen LogP contribution is 2.21. The van der Waals surface area contributed by atoms with Gasteiger partial charge < -0.3 is 4.74 Å². The summed E-state index contributed by atoms with van der Waals surface area (Å²) in [6, 6.07) is 10.1. The highest BCUT2D eigenvalue weighted by Gasteiger charge is 2.17. The Morgan fingerprint density at radius 3 is 2.70 bits per heavy atom. The third-order valence-corrected chi connectivity index (χ3v) is 4.34. The Labute approximate surface area is 154 Å². The van der Waals surface area contributed by atoms with Crippen LogP contribution >= 0.6 is 0 Å². The first-order valence-electron chi connectivity index (χ1n) is 8.46. The van der Waals surface area contributed by atoms with E-state index in [0.29, 0.717) is 16.7 Å². The number of rotatable bonds is 5. The number of fused-ring (bicyclic) bond motifs is 1. The van der Waals surface area contributed by atoms with E-state index >= 15 is 0 Å². The molecule has 140 valence electrons. The van der Waals surface area contributed by atoms with Gasteiger partial charge in [-0.05, 0) is 31.2 Å². The summed E-state index contributed by atoms with van der Waals surface area (Å²) in [5, 5.41) is 0.506. The van der Waals surface area contributed by atoms with Crippen molar-refractivity contribution in [2.45, 2.75) is 25.9 Å². The van der Waals surface area contributed by atoms with Crippen LogP contribution in [0.15, 0.2) is 47.3 Å². The summed E-state index contributed by atoms with van der Waals surface area (Å²) in [5.74, 6) is -1.57. The first-order chi connectivity index (χ1) is 12.9. The molecule has 3 aromatic rings. The molecule has 1 heterocycles. The van der Waals surface area contributed by atoms with E-state index in [1.807, 2.05) is 0 Å². The van der Waals surface area contributed by atoms with Gasteiger partial charge in [-0.3, -0.25) is 14.2 Å². The topological polar surface area (TPSA) is 61.2 Å². The Hall–Kier alpha value is -3.09. The molecule has 5 nitrogen and oxygen atoms in total. The fraction of sp³-hybridized carbons (Fsp3) is 0.250. The molecule has 0 bridgehead atoms. The third-order valence-electron chi connectivity index (χ3n) is 4.34. The smallest absolute Gasteiger partial charge is 0.306 e. The van der Waals surface area contributed by atoms with Crippen molar-refractivity contribution >= 4 is 16.9 Å². The van der Waals surface area contributed by atoms with Crippen LogP contribution in [0, 0.1) is 11.6 Å². The first-order valence-corrected chi connectivity index (χ1v) is 8.46. The van der Waals surface area contributed by atoms with E-state index in [4.69, 9.17) is 4.74 Å². The predicted octanol–water partition coefficient (Wildman–Crippen LogP) is 3.45. The first kappa shape index (κ1) is 18.7. The molecule has 7 heteroatoms. The van der Waals surface area contributed by atoms with Crippen LogP contribution in [0.25, 0.3) is 10.9 Å². The molecule has 0 radical (unpaired) electrons. The summed E-state index contributed by atoms with van der Waals surface area (Å²) in [6.45, 7) is 1.51. The molecule has 0 aliphatic carbocycles. The summed E-state index contributed by atoms with van der Waals surface area (Å²) in [4.78, 5) is 28.9. The highest BCUT2D eigenvalue weighted by molar-refractivity contribution is 5.77. The van der Waals surface area contributed by atoms with E-state index in [2.05, 4.69) is 4.98 Å². The number of aromatic nitrogens is 2. The largest absolute Gasteiger partial charge is 0.458 e. The molecular formula is C20H18F2N2O3. The molecule has 0 spiro atoms. The molecule has 0 aliphatic heterocycles. The van der Waals surface area contributed by atoms with Gasteiger partial charge in [-0.1, -0.05) is 12.1 Å². The molecule has 0 saturated carbocycles. The molecule has 1 unspecified atom stereocenters. The Balaban J connectivity index is 1.70. The van der Waals surface area contributed by atoms with E-state index < -0.39 is 23.7 Å².